The Morgan fingerprint density at radius 3 is 2.28 bits per heavy atom. The zero-order valence-electron chi connectivity index (χ0n) is 10.7. The number of nitrogens with one attached hydrogen (secondary N) is 2. The van der Waals surface area contributed by atoms with Gasteiger partial charge in [0.25, 0.3) is 0 Å². The van der Waals surface area contributed by atoms with Gasteiger partial charge in [0.2, 0.25) is 5.91 Å². The molecule has 100 valence electrons. The SMILES string of the molecule is CNC(C)c1ccc(NC(=O)CS(C)(=O)=O)cc1. The van der Waals surface area contributed by atoms with Crippen molar-refractivity contribution in [2.24, 2.45) is 0 Å². The first-order valence-corrected chi connectivity index (χ1v) is 7.62. The average molecular weight is 270 g/mol. The molecule has 0 aliphatic carbocycles. The number of benzene rings is 1. The highest BCUT2D eigenvalue weighted by Gasteiger charge is 2.11. The fourth-order valence-corrected chi connectivity index (χ4v) is 2.01. The van der Waals surface area contributed by atoms with Gasteiger partial charge in [0.1, 0.15) is 5.75 Å². The number of amides is 1. The molecule has 1 aromatic carbocycles. The molecule has 6 heteroatoms. The van der Waals surface area contributed by atoms with Crippen LogP contribution in [0.5, 0.6) is 0 Å². The molecule has 0 aliphatic rings. The summed E-state index contributed by atoms with van der Waals surface area (Å²) in [5.41, 5.74) is 1.69. The molecule has 0 aromatic heterocycles. The number of hydrogen-bond donors (Lipinski definition) is 2. The highest BCUT2D eigenvalue weighted by Crippen LogP contribution is 2.15. The van der Waals surface area contributed by atoms with Crippen molar-refractivity contribution in [1.82, 2.24) is 5.32 Å². The molecule has 0 spiro atoms. The van der Waals surface area contributed by atoms with E-state index in [0.29, 0.717) is 5.69 Å². The summed E-state index contributed by atoms with van der Waals surface area (Å²) in [5, 5.41) is 5.65. The van der Waals surface area contributed by atoms with Gasteiger partial charge in [-0.25, -0.2) is 8.42 Å². The molecule has 1 rings (SSSR count). The number of anilines is 1. The van der Waals surface area contributed by atoms with Gasteiger partial charge in [-0.1, -0.05) is 12.1 Å². The lowest BCUT2D eigenvalue weighted by molar-refractivity contribution is -0.113. The molecule has 5 nitrogen and oxygen atoms in total. The van der Waals surface area contributed by atoms with E-state index < -0.39 is 21.5 Å². The van der Waals surface area contributed by atoms with Crippen LogP contribution >= 0.6 is 0 Å². The zero-order chi connectivity index (χ0) is 13.8. The Kier molecular flexibility index (Phi) is 4.86. The van der Waals surface area contributed by atoms with Crippen molar-refractivity contribution in [1.29, 1.82) is 0 Å². The van der Waals surface area contributed by atoms with Gasteiger partial charge in [-0.3, -0.25) is 4.79 Å². The second kappa shape index (κ2) is 5.97. The van der Waals surface area contributed by atoms with Gasteiger partial charge in [-0.2, -0.15) is 0 Å². The summed E-state index contributed by atoms with van der Waals surface area (Å²) < 4.78 is 21.9. The van der Waals surface area contributed by atoms with Gasteiger partial charge in [0.05, 0.1) is 0 Å². The monoisotopic (exact) mass is 270 g/mol. The van der Waals surface area contributed by atoms with Crippen LogP contribution in [-0.2, 0) is 14.6 Å². The Hall–Kier alpha value is -1.40. The Bertz CT molecular complexity index is 509. The van der Waals surface area contributed by atoms with Crippen LogP contribution in [0.25, 0.3) is 0 Å². The summed E-state index contributed by atoms with van der Waals surface area (Å²) in [7, 11) is -1.42. The Labute approximate surface area is 108 Å². The van der Waals surface area contributed by atoms with Gasteiger partial charge < -0.3 is 10.6 Å². The van der Waals surface area contributed by atoms with Crippen molar-refractivity contribution in [2.45, 2.75) is 13.0 Å². The lowest BCUT2D eigenvalue weighted by Gasteiger charge is -2.11. The molecule has 0 aliphatic heterocycles. The van der Waals surface area contributed by atoms with E-state index in [-0.39, 0.29) is 6.04 Å². The smallest absolute Gasteiger partial charge is 0.239 e. The Balaban J connectivity index is 2.67. The molecular formula is C12H18N2O3S. The zero-order valence-corrected chi connectivity index (χ0v) is 11.5. The first-order chi connectivity index (χ1) is 8.31. The van der Waals surface area contributed by atoms with Crippen molar-refractivity contribution >= 4 is 21.4 Å². The van der Waals surface area contributed by atoms with Crippen molar-refractivity contribution < 1.29 is 13.2 Å². The average Bonchev–Trinajstić information content (AvgIpc) is 2.26. The van der Waals surface area contributed by atoms with Crippen LogP contribution in [0.15, 0.2) is 24.3 Å². The highest BCUT2D eigenvalue weighted by molar-refractivity contribution is 7.91. The highest BCUT2D eigenvalue weighted by atomic mass is 32.2. The predicted molar refractivity (Wildman–Crippen MR) is 72.3 cm³/mol. The molecule has 0 saturated heterocycles. The van der Waals surface area contributed by atoms with E-state index in [4.69, 9.17) is 0 Å². The third kappa shape index (κ3) is 4.85. The molecule has 1 amide bonds. The van der Waals surface area contributed by atoms with Crippen molar-refractivity contribution in [3.63, 3.8) is 0 Å². The molecule has 0 radical (unpaired) electrons. The van der Waals surface area contributed by atoms with E-state index in [1.807, 2.05) is 26.1 Å². The first-order valence-electron chi connectivity index (χ1n) is 5.56. The number of sulfone groups is 1. The molecule has 1 unspecified atom stereocenters. The molecule has 0 heterocycles. The minimum atomic E-state index is -3.29. The maximum atomic E-state index is 11.4. The number of carbonyl (C=O) groups excluding carboxylic acids is 1. The van der Waals surface area contributed by atoms with Gasteiger partial charge in [0.15, 0.2) is 9.84 Å². The van der Waals surface area contributed by atoms with Gasteiger partial charge in [0, 0.05) is 18.0 Å². The van der Waals surface area contributed by atoms with Gasteiger partial charge >= 0.3 is 0 Å². The molecule has 1 aromatic rings. The topological polar surface area (TPSA) is 75.3 Å². The van der Waals surface area contributed by atoms with E-state index in [0.717, 1.165) is 11.8 Å². The molecule has 2 N–H and O–H groups in total. The lowest BCUT2D eigenvalue weighted by Crippen LogP contribution is -2.22. The summed E-state index contributed by atoms with van der Waals surface area (Å²) in [6.07, 6.45) is 1.03. The summed E-state index contributed by atoms with van der Waals surface area (Å²) in [4.78, 5) is 11.4. The molecule has 0 fully saturated rings. The van der Waals surface area contributed by atoms with Crippen LogP contribution in [0.1, 0.15) is 18.5 Å². The normalized spacial score (nSPS) is 13.1. The quantitative estimate of drug-likeness (QED) is 0.835. The molecule has 0 saturated carbocycles. The summed E-state index contributed by atoms with van der Waals surface area (Å²) in [6.45, 7) is 2.03. The standard InChI is InChI=1S/C12H18N2O3S/c1-9(13-2)10-4-6-11(7-5-10)14-12(15)8-18(3,16)17/h4-7,9,13H,8H2,1-3H3,(H,14,15). The van der Waals surface area contributed by atoms with Crippen LogP contribution < -0.4 is 10.6 Å². The van der Waals surface area contributed by atoms with Gasteiger partial charge in [-0.05, 0) is 31.7 Å². The number of hydrogen-bond acceptors (Lipinski definition) is 4. The predicted octanol–water partition coefficient (Wildman–Crippen LogP) is 0.950. The van der Waals surface area contributed by atoms with Crippen LogP contribution in [0.4, 0.5) is 5.69 Å². The second-order valence-electron chi connectivity index (χ2n) is 4.25. The summed E-state index contributed by atoms with van der Waals surface area (Å²) in [6, 6.07) is 7.51. The lowest BCUT2D eigenvalue weighted by atomic mass is 10.1. The summed E-state index contributed by atoms with van der Waals surface area (Å²) >= 11 is 0. The number of rotatable bonds is 5. The van der Waals surface area contributed by atoms with Crippen molar-refractivity contribution in [3.8, 4) is 0 Å². The van der Waals surface area contributed by atoms with E-state index in [1.165, 1.54) is 0 Å². The van der Waals surface area contributed by atoms with E-state index >= 15 is 0 Å². The first kappa shape index (κ1) is 14.7. The van der Waals surface area contributed by atoms with Crippen LogP contribution in [0.2, 0.25) is 0 Å². The van der Waals surface area contributed by atoms with Crippen molar-refractivity contribution in [2.75, 3.05) is 24.4 Å². The summed E-state index contributed by atoms with van der Waals surface area (Å²) in [5.74, 6) is -1.02. The van der Waals surface area contributed by atoms with E-state index in [2.05, 4.69) is 10.6 Å². The molecule has 1 atom stereocenters. The van der Waals surface area contributed by atoms with Crippen LogP contribution in [-0.4, -0.2) is 33.4 Å². The van der Waals surface area contributed by atoms with E-state index in [1.54, 1.807) is 12.1 Å². The van der Waals surface area contributed by atoms with Crippen molar-refractivity contribution in [3.05, 3.63) is 29.8 Å². The third-order valence-corrected chi connectivity index (χ3v) is 3.31. The molecular weight excluding hydrogens is 252 g/mol. The maximum absolute atomic E-state index is 11.4. The fourth-order valence-electron chi connectivity index (χ4n) is 1.46. The molecule has 18 heavy (non-hydrogen) atoms. The third-order valence-electron chi connectivity index (χ3n) is 2.52. The maximum Gasteiger partial charge on any atom is 0.239 e. The largest absolute Gasteiger partial charge is 0.325 e. The second-order valence-corrected chi connectivity index (χ2v) is 6.39. The van der Waals surface area contributed by atoms with Crippen LogP contribution in [0, 0.1) is 0 Å². The van der Waals surface area contributed by atoms with Gasteiger partial charge in [-0.15, -0.1) is 0 Å². The minimum Gasteiger partial charge on any atom is -0.325 e. The Morgan fingerprint density at radius 1 is 1.28 bits per heavy atom. The Morgan fingerprint density at radius 2 is 1.83 bits per heavy atom. The fraction of sp³-hybridized carbons (Fsp3) is 0.417. The van der Waals surface area contributed by atoms with E-state index in [9.17, 15) is 13.2 Å². The minimum absolute atomic E-state index is 0.228. The number of carbonyl (C=O) groups is 1. The van der Waals surface area contributed by atoms with Crippen LogP contribution in [0.3, 0.4) is 0 Å². The molecule has 0 bridgehead atoms.